The van der Waals surface area contributed by atoms with Crippen LogP contribution in [0.3, 0.4) is 0 Å². The van der Waals surface area contributed by atoms with Crippen LogP contribution in [0.2, 0.25) is 0 Å². The predicted octanol–water partition coefficient (Wildman–Crippen LogP) is -8.73. The molecule has 0 aliphatic carbocycles. The molecule has 624 valence electrons. The summed E-state index contributed by atoms with van der Waals surface area (Å²) in [7, 11) is 3.20. The number of rotatable bonds is 18. The molecule has 24 N–H and O–H groups in total. The molecule has 4 aliphatic heterocycles. The number of primary amides is 2. The molecule has 6 rings (SSSR count). The van der Waals surface area contributed by atoms with Crippen LogP contribution in [-0.4, -0.2) is 298 Å². The first-order chi connectivity index (χ1) is 53.6. The van der Waals surface area contributed by atoms with E-state index in [0.29, 0.717) is 5.69 Å². The SMILES string of the molecule is CC(C)C[C@@H]1NC(=O)[C@H](CCCC(=O)O)NC(=O)[C@@H]2CCCN2C(=O)[C@H](Cc2cnc[nH]2)NC(=O)[C@H](CC(N)=O)NC(=O)[C@H](C(C)C)NC(=O)[C@H](CO)NC(=O)[C@@H]2CSSC[C@H](NC(=O)CN)C(=O)N[C@@H](CSSC[C@@H](C(N)=O)NC1=O)C(=O)N[C@@H](CO)C(=O)N[C@@H](Cc1cnc[nH]1)C(=O)N1CCC[C@H]1C(=O)N[C@@H](C)C(=O)N2. The van der Waals surface area contributed by atoms with Crippen molar-refractivity contribution >= 4 is 150 Å². The molecule has 4 fully saturated rings. The highest BCUT2D eigenvalue weighted by atomic mass is 33.1. The highest BCUT2D eigenvalue weighted by Crippen LogP contribution is 2.27. The number of carbonyl (C=O) groups is 18. The third-order valence-corrected chi connectivity index (χ3v) is 23.1. The van der Waals surface area contributed by atoms with E-state index in [4.69, 9.17) is 17.2 Å². The van der Waals surface area contributed by atoms with E-state index in [2.05, 4.69) is 89.1 Å². The van der Waals surface area contributed by atoms with Gasteiger partial charge >= 0.3 is 5.97 Å². The zero-order valence-corrected chi connectivity index (χ0v) is 65.9. The Morgan fingerprint density at radius 1 is 0.531 bits per heavy atom. The summed E-state index contributed by atoms with van der Waals surface area (Å²) >= 11 is 0. The van der Waals surface area contributed by atoms with E-state index in [0.717, 1.165) is 53.0 Å². The number of aliphatic hydroxyl groups excluding tert-OH is 2. The van der Waals surface area contributed by atoms with Gasteiger partial charge in [-0.1, -0.05) is 70.9 Å². The minimum Gasteiger partial charge on any atom is -0.481 e. The maximum atomic E-state index is 14.9. The van der Waals surface area contributed by atoms with E-state index >= 15 is 0 Å². The lowest BCUT2D eigenvalue weighted by Crippen LogP contribution is -2.62. The number of imidazole rings is 2. The number of amides is 17. The van der Waals surface area contributed by atoms with Crippen molar-refractivity contribution in [2.24, 2.45) is 29.0 Å². The molecule has 6 heterocycles. The molecule has 0 saturated carbocycles. The summed E-state index contributed by atoms with van der Waals surface area (Å²) in [6.45, 7) is 4.39. The number of hydrogen-bond donors (Lipinski definition) is 21. The number of aromatic amines is 2. The first-order valence-electron chi connectivity index (χ1n) is 36.3. The van der Waals surface area contributed by atoms with Crippen molar-refractivity contribution in [1.82, 2.24) is 98.9 Å². The van der Waals surface area contributed by atoms with Gasteiger partial charge in [-0.15, -0.1) is 0 Å². The van der Waals surface area contributed by atoms with Crippen LogP contribution in [0.5, 0.6) is 0 Å². The molecule has 4 aliphatic rings. The Bertz CT molecular complexity index is 3730. The Hall–Kier alpha value is -9.84. The number of carboxylic acids is 1. The number of aliphatic carboxylic acids is 1. The maximum absolute atomic E-state index is 14.9. The number of aromatic nitrogens is 4. The summed E-state index contributed by atoms with van der Waals surface area (Å²) in [6.07, 6.45) is 2.95. The smallest absolute Gasteiger partial charge is 0.303 e. The van der Waals surface area contributed by atoms with Crippen molar-refractivity contribution in [2.75, 3.05) is 55.9 Å². The highest BCUT2D eigenvalue weighted by Gasteiger charge is 2.44. The zero-order valence-electron chi connectivity index (χ0n) is 62.6. The number of carboxylic acid groups (broad SMARTS) is 1. The second kappa shape index (κ2) is 45.2. The fourth-order valence-corrected chi connectivity index (χ4v) is 16.9. The molecule has 0 radical (unpaired) electrons. The van der Waals surface area contributed by atoms with Crippen molar-refractivity contribution in [3.05, 3.63) is 36.4 Å². The van der Waals surface area contributed by atoms with E-state index in [1.807, 2.05) is 0 Å². The van der Waals surface area contributed by atoms with Crippen LogP contribution in [0.25, 0.3) is 0 Å². The topological polar surface area (TPSA) is 666 Å². The number of nitrogens with one attached hydrogen (secondary N) is 15. The van der Waals surface area contributed by atoms with Gasteiger partial charge in [-0.3, -0.25) is 86.3 Å². The van der Waals surface area contributed by atoms with Crippen LogP contribution < -0.4 is 86.3 Å². The Morgan fingerprint density at radius 3 is 1.46 bits per heavy atom. The number of aliphatic hydroxyl groups is 2. The Kier molecular flexibility index (Phi) is 36.8. The van der Waals surface area contributed by atoms with Gasteiger partial charge in [0.25, 0.3) is 0 Å². The van der Waals surface area contributed by atoms with Gasteiger partial charge in [0.2, 0.25) is 100 Å². The molecule has 17 amide bonds. The van der Waals surface area contributed by atoms with Crippen molar-refractivity contribution < 1.29 is 102 Å². The summed E-state index contributed by atoms with van der Waals surface area (Å²) in [5, 5.41) is 63.4. The number of nitrogens with zero attached hydrogens (tertiary/aromatic N) is 4. The molecule has 113 heavy (non-hydrogen) atoms. The molecule has 47 heteroatoms. The predicted molar refractivity (Wildman–Crippen MR) is 407 cm³/mol. The van der Waals surface area contributed by atoms with E-state index in [1.165, 1.54) is 45.8 Å². The molecule has 0 unspecified atom stereocenters. The standard InChI is InChI=1S/C66H100N22O21S4/c1-30(2)15-36-55(98)83-42(52(69)95)24-110-112-27-45-61(104)81-40(22-89)57(100)80-39(17-34-21-71-29-73-34)66(109)87-13-7-10-46(87)62(105)74-32(5)53(96)84-44(26-113-111-25-43(59(102)85-45)75-49(92)19-67)60(103)82-41(23-90)58(101)86-51(31(3)4)64(107)78-37(18-48(68)91)56(99)79-38(16-33-20-70-28-72-33)65(108)88-14-8-11-47(88)63(106)76-35(54(97)77-36)9-6-12-50(93)94/h20-21,28-32,35-47,51,89-90H,6-19,22-27,67H2,1-5H3,(H2,68,91)(H2,69,95)(H,70,72)(H,71,73)(H,74,105)(H,75,92)(H,76,106)(H,77,97)(H,78,107)(H,79,99)(H,80,100)(H,81,104)(H,82,103)(H,83,98)(H,84,96)(H,85,102)(H,86,101)(H,93,94)/t32-,35-,36-,37-,38-,39-,40-,41-,42-,43-,44-,45-,46-,47-,51-/m0/s1. The van der Waals surface area contributed by atoms with Crippen LogP contribution >= 0.6 is 43.2 Å². The third-order valence-electron chi connectivity index (χ3n) is 18.3. The number of fused-ring (bicyclic) bond motifs is 10. The lowest BCUT2D eigenvalue weighted by Gasteiger charge is -2.31. The van der Waals surface area contributed by atoms with Crippen molar-refractivity contribution in [3.63, 3.8) is 0 Å². The second-order valence-corrected chi connectivity index (χ2v) is 32.9. The normalized spacial score (nSPS) is 27.8. The minimum absolute atomic E-state index is 0.0210. The lowest BCUT2D eigenvalue weighted by molar-refractivity contribution is -0.143. The summed E-state index contributed by atoms with van der Waals surface area (Å²) in [5.74, 6) is -22.1. The van der Waals surface area contributed by atoms with Gasteiger partial charge in [-0.05, 0) is 63.7 Å². The monoisotopic (exact) mass is 1660 g/mol. The van der Waals surface area contributed by atoms with Crippen LogP contribution in [0.1, 0.15) is 104 Å². The number of carbonyl (C=O) groups excluding carboxylic acids is 17. The van der Waals surface area contributed by atoms with Gasteiger partial charge in [-0.25, -0.2) is 9.97 Å². The van der Waals surface area contributed by atoms with Gasteiger partial charge in [-0.2, -0.15) is 0 Å². The van der Waals surface area contributed by atoms with E-state index in [1.54, 1.807) is 13.8 Å². The largest absolute Gasteiger partial charge is 0.481 e. The summed E-state index contributed by atoms with van der Waals surface area (Å²) in [4.78, 5) is 270. The van der Waals surface area contributed by atoms with Crippen LogP contribution in [0.15, 0.2) is 25.0 Å². The van der Waals surface area contributed by atoms with Gasteiger partial charge in [0.1, 0.15) is 90.6 Å². The molecule has 2 bridgehead atoms. The Labute approximate surface area is 663 Å². The average molecular weight is 1670 g/mol. The molecule has 43 nitrogen and oxygen atoms in total. The molecule has 2 aromatic rings. The molecule has 2 aromatic heterocycles. The zero-order chi connectivity index (χ0) is 83.3. The molecular formula is C66H100N22O21S4. The van der Waals surface area contributed by atoms with Crippen LogP contribution in [0.4, 0.5) is 0 Å². The number of hydrogen-bond acceptors (Lipinski definition) is 27. The number of nitrogens with two attached hydrogens (primary N) is 3. The van der Waals surface area contributed by atoms with E-state index in [-0.39, 0.29) is 82.5 Å². The van der Waals surface area contributed by atoms with Crippen molar-refractivity contribution in [1.29, 1.82) is 0 Å². The Balaban J connectivity index is 1.45. The van der Waals surface area contributed by atoms with Crippen molar-refractivity contribution in [2.45, 2.75) is 196 Å². The quantitative estimate of drug-likeness (QED) is 0.0616. The summed E-state index contributed by atoms with van der Waals surface area (Å²) in [5.41, 5.74) is 17.7. The third kappa shape index (κ3) is 28.3. The molecule has 15 atom stereocenters. The van der Waals surface area contributed by atoms with Crippen molar-refractivity contribution in [3.8, 4) is 0 Å². The first-order valence-corrected chi connectivity index (χ1v) is 41.3. The van der Waals surface area contributed by atoms with Gasteiger partial charge in [0, 0.05) is 79.1 Å². The van der Waals surface area contributed by atoms with Gasteiger partial charge in [0.15, 0.2) is 0 Å². The lowest BCUT2D eigenvalue weighted by atomic mass is 10.0. The highest BCUT2D eigenvalue weighted by molar-refractivity contribution is 8.77. The molecule has 0 aromatic carbocycles. The maximum Gasteiger partial charge on any atom is 0.303 e. The fraction of sp³-hybridized carbons (Fsp3) is 0.636. The summed E-state index contributed by atoms with van der Waals surface area (Å²) < 4.78 is 0. The van der Waals surface area contributed by atoms with E-state index in [9.17, 15) is 102 Å². The molecule has 4 saturated heterocycles. The molecular weight excluding hydrogens is 1570 g/mol. The Morgan fingerprint density at radius 2 is 0.982 bits per heavy atom. The summed E-state index contributed by atoms with van der Waals surface area (Å²) in [6, 6.07) is -24.5. The second-order valence-electron chi connectivity index (χ2n) is 27.8. The van der Waals surface area contributed by atoms with Gasteiger partial charge < -0.3 is 121 Å². The first kappa shape index (κ1) is 92.0. The van der Waals surface area contributed by atoms with E-state index < -0.39 is 259 Å². The average Bonchev–Trinajstić information content (AvgIpc) is 1.71. The molecule has 0 spiro atoms. The minimum atomic E-state index is -1.95. The van der Waals surface area contributed by atoms with Crippen LogP contribution in [-0.2, 0) is 99.1 Å². The van der Waals surface area contributed by atoms with Gasteiger partial charge in [0.05, 0.1) is 38.8 Å². The van der Waals surface area contributed by atoms with Crippen LogP contribution in [0, 0.1) is 11.8 Å². The number of H-pyrrole nitrogens is 2. The fourth-order valence-electron chi connectivity index (χ4n) is 12.2.